The molecular formula is C6H6N2O. The van der Waals surface area contributed by atoms with Crippen LogP contribution in [0.2, 0.25) is 0 Å². The summed E-state index contributed by atoms with van der Waals surface area (Å²) < 4.78 is 7.01. The van der Waals surface area contributed by atoms with Crippen LogP contribution in [0.25, 0.3) is 0 Å². The molecule has 0 aliphatic rings. The van der Waals surface area contributed by atoms with E-state index in [0.717, 1.165) is 0 Å². The van der Waals surface area contributed by atoms with Gasteiger partial charge >= 0.3 is 0 Å². The Morgan fingerprint density at radius 2 is 2.56 bits per heavy atom. The monoisotopic (exact) mass is 124 g/mol. The van der Waals surface area contributed by atoms with Crippen molar-refractivity contribution in [1.29, 1.82) is 0 Å². The van der Waals surface area contributed by atoms with Gasteiger partial charge in [-0.1, -0.05) is 6.07 Å². The highest BCUT2D eigenvalue weighted by Gasteiger charge is 1.95. The first kappa shape index (κ1) is 4.49. The second-order valence-electron chi connectivity index (χ2n) is 1.52. The summed E-state index contributed by atoms with van der Waals surface area (Å²) in [5, 5.41) is 0. The second kappa shape index (κ2) is 2.26. The molecule has 0 aliphatic heterocycles. The molecule has 0 aliphatic carbocycles. The Kier molecular flexibility index (Phi) is 1.13. The number of rotatable bonds is 1. The molecule has 0 unspecified atom stereocenters. The molecule has 3 heteroatoms. The van der Waals surface area contributed by atoms with E-state index >= 15 is 0 Å². The van der Waals surface area contributed by atoms with Crippen molar-refractivity contribution in [2.24, 2.45) is 5.73 Å². The van der Waals surface area contributed by atoms with Gasteiger partial charge in [-0.05, 0) is 12.1 Å². The number of pyridine rings is 1. The number of carbonyl (C=O) groups is 1. The van der Waals surface area contributed by atoms with E-state index in [2.05, 4.69) is 4.98 Å². The molecular weight excluding hydrogens is 116 g/mol. The Labute approximate surface area is 53.9 Å². The average Bonchev–Trinajstić information content (AvgIpc) is 1.88. The SMILES string of the molecule is [3H]c1cccc(C(N)=O)n1. The molecule has 3 nitrogen and oxygen atoms in total. The quantitative estimate of drug-likeness (QED) is 0.580. The topological polar surface area (TPSA) is 56.0 Å². The predicted molar refractivity (Wildman–Crippen MR) is 32.8 cm³/mol. The summed E-state index contributed by atoms with van der Waals surface area (Å²) in [6, 6.07) is 4.52. The summed E-state index contributed by atoms with van der Waals surface area (Å²) in [5.41, 5.74) is 5.03. The molecule has 9 heavy (non-hydrogen) atoms. The molecule has 0 fully saturated rings. The number of hydrogen-bond donors (Lipinski definition) is 1. The van der Waals surface area contributed by atoms with E-state index in [9.17, 15) is 4.79 Å². The Hall–Kier alpha value is -1.38. The molecule has 0 bridgehead atoms. The Morgan fingerprint density at radius 1 is 1.78 bits per heavy atom. The van der Waals surface area contributed by atoms with Crippen LogP contribution < -0.4 is 5.73 Å². The van der Waals surface area contributed by atoms with Crippen molar-refractivity contribution in [1.82, 2.24) is 4.98 Å². The minimum absolute atomic E-state index is 0.0521. The number of hydrogen-bond acceptors (Lipinski definition) is 2. The molecule has 0 saturated carbocycles. The van der Waals surface area contributed by atoms with Crippen LogP contribution in [0.4, 0.5) is 0 Å². The van der Waals surface area contributed by atoms with E-state index < -0.39 is 5.91 Å². The highest BCUT2D eigenvalue weighted by atomic mass is 16.1. The van der Waals surface area contributed by atoms with Gasteiger partial charge in [-0.25, -0.2) is 0 Å². The second-order valence-corrected chi connectivity index (χ2v) is 1.52. The summed E-state index contributed by atoms with van der Waals surface area (Å²) in [4.78, 5) is 14.0. The van der Waals surface area contributed by atoms with Gasteiger partial charge in [0, 0.05) is 6.17 Å². The van der Waals surface area contributed by atoms with Crippen LogP contribution in [0.15, 0.2) is 24.4 Å². The molecule has 0 radical (unpaired) electrons. The predicted octanol–water partition coefficient (Wildman–Crippen LogP) is 0.181. The maximum Gasteiger partial charge on any atom is 0.267 e. The lowest BCUT2D eigenvalue weighted by atomic mass is 10.3. The van der Waals surface area contributed by atoms with Crippen molar-refractivity contribution in [3.05, 3.63) is 30.1 Å². The molecule has 0 atom stereocenters. The lowest BCUT2D eigenvalue weighted by Crippen LogP contribution is -2.12. The normalized spacial score (nSPS) is 10.4. The van der Waals surface area contributed by atoms with Gasteiger partial charge in [0.25, 0.3) is 5.91 Å². The van der Waals surface area contributed by atoms with E-state index in [1.54, 1.807) is 6.07 Å². The van der Waals surface area contributed by atoms with E-state index in [4.69, 9.17) is 7.10 Å². The maximum absolute atomic E-state index is 10.4. The third kappa shape index (κ3) is 1.25. The minimum atomic E-state index is -0.603. The highest BCUT2D eigenvalue weighted by molar-refractivity contribution is 5.90. The minimum Gasteiger partial charge on any atom is -0.364 e. The summed E-state index contributed by atoms with van der Waals surface area (Å²) in [6.07, 6.45) is 0.0521. The van der Waals surface area contributed by atoms with Crippen LogP contribution in [-0.2, 0) is 0 Å². The molecule has 0 aromatic carbocycles. The van der Waals surface area contributed by atoms with Crippen molar-refractivity contribution in [2.45, 2.75) is 0 Å². The third-order valence-corrected chi connectivity index (χ3v) is 0.862. The van der Waals surface area contributed by atoms with E-state index in [-0.39, 0.29) is 11.9 Å². The number of amides is 1. The lowest BCUT2D eigenvalue weighted by molar-refractivity contribution is 0.0995. The summed E-state index contributed by atoms with van der Waals surface area (Å²) in [5.74, 6) is -0.603. The van der Waals surface area contributed by atoms with E-state index in [1.165, 1.54) is 12.1 Å². The van der Waals surface area contributed by atoms with Crippen molar-refractivity contribution in [3.8, 4) is 0 Å². The molecule has 1 rings (SSSR count). The zero-order valence-electron chi connectivity index (χ0n) is 5.66. The molecule has 1 aromatic heterocycles. The highest BCUT2D eigenvalue weighted by Crippen LogP contribution is 1.88. The van der Waals surface area contributed by atoms with Crippen molar-refractivity contribution >= 4 is 5.91 Å². The van der Waals surface area contributed by atoms with Crippen molar-refractivity contribution in [2.75, 3.05) is 0 Å². The van der Waals surface area contributed by atoms with Crippen LogP contribution in [0.3, 0.4) is 0 Å². The first-order chi connectivity index (χ1) is 4.70. The van der Waals surface area contributed by atoms with Gasteiger partial charge in [0.1, 0.15) is 5.69 Å². The third-order valence-electron chi connectivity index (χ3n) is 0.862. The molecule has 1 aromatic rings. The zero-order valence-corrected chi connectivity index (χ0v) is 4.66. The number of nitrogens with zero attached hydrogens (tertiary/aromatic N) is 1. The van der Waals surface area contributed by atoms with Gasteiger partial charge in [0.05, 0.1) is 1.37 Å². The molecule has 1 amide bonds. The van der Waals surface area contributed by atoms with Gasteiger partial charge in [-0.15, -0.1) is 0 Å². The molecule has 46 valence electrons. The van der Waals surface area contributed by atoms with Gasteiger partial charge in [-0.2, -0.15) is 0 Å². The average molecular weight is 124 g/mol. The Morgan fingerprint density at radius 3 is 3.00 bits per heavy atom. The van der Waals surface area contributed by atoms with Gasteiger partial charge in [-0.3, -0.25) is 9.78 Å². The summed E-state index contributed by atoms with van der Waals surface area (Å²) in [6.45, 7) is 0. The fourth-order valence-corrected chi connectivity index (χ4v) is 0.464. The number of carbonyl (C=O) groups excluding carboxylic acids is 1. The summed E-state index contributed by atoms with van der Waals surface area (Å²) in [7, 11) is 0. The summed E-state index contributed by atoms with van der Waals surface area (Å²) >= 11 is 0. The first-order valence-electron chi connectivity index (χ1n) is 2.93. The fraction of sp³-hybridized carbons (Fsp3) is 0. The van der Waals surface area contributed by atoms with Crippen LogP contribution in [-0.4, -0.2) is 10.9 Å². The molecule has 0 spiro atoms. The van der Waals surface area contributed by atoms with Gasteiger partial charge < -0.3 is 5.73 Å². The van der Waals surface area contributed by atoms with Crippen LogP contribution in [0.1, 0.15) is 11.9 Å². The number of primary amides is 1. The standard InChI is InChI=1S/C6H6N2O/c7-6(9)5-3-1-2-4-8-5/h1-4H,(H2,7,9)/i4T. The largest absolute Gasteiger partial charge is 0.364 e. The van der Waals surface area contributed by atoms with Crippen molar-refractivity contribution in [3.63, 3.8) is 0 Å². The smallest absolute Gasteiger partial charge is 0.267 e. The van der Waals surface area contributed by atoms with Gasteiger partial charge in [0.15, 0.2) is 0 Å². The number of aromatic nitrogens is 1. The molecule has 0 saturated heterocycles. The van der Waals surface area contributed by atoms with E-state index in [1.807, 2.05) is 0 Å². The van der Waals surface area contributed by atoms with Gasteiger partial charge in [0.2, 0.25) is 0 Å². The Balaban J connectivity index is 3.07. The number of nitrogens with two attached hydrogens (primary N) is 1. The Bertz CT molecular complexity index is 262. The van der Waals surface area contributed by atoms with Crippen LogP contribution >= 0.6 is 0 Å². The van der Waals surface area contributed by atoms with E-state index in [0.29, 0.717) is 0 Å². The fourth-order valence-electron chi connectivity index (χ4n) is 0.464. The molecule has 1 heterocycles. The van der Waals surface area contributed by atoms with Crippen molar-refractivity contribution < 1.29 is 6.17 Å². The maximum atomic E-state index is 10.4. The van der Waals surface area contributed by atoms with Crippen LogP contribution in [0.5, 0.6) is 0 Å². The first-order valence-corrected chi connectivity index (χ1v) is 2.43. The lowest BCUT2D eigenvalue weighted by Gasteiger charge is -1.88. The van der Waals surface area contributed by atoms with Crippen LogP contribution in [0, 0.1) is 0 Å². The molecule has 2 N–H and O–H groups in total. The zero-order chi connectivity index (χ0) is 7.56.